The molecule has 0 atom stereocenters. The van der Waals surface area contributed by atoms with Crippen molar-refractivity contribution in [3.05, 3.63) is 54.4 Å². The van der Waals surface area contributed by atoms with Gasteiger partial charge < -0.3 is 0 Å². The predicted octanol–water partition coefficient (Wildman–Crippen LogP) is 4.47. The van der Waals surface area contributed by atoms with Crippen LogP contribution >= 0.6 is 11.8 Å². The van der Waals surface area contributed by atoms with E-state index >= 15 is 0 Å². The lowest BCUT2D eigenvalue weighted by molar-refractivity contribution is 0.626. The number of hydrogen-bond donors (Lipinski definition) is 0. The predicted molar refractivity (Wildman–Crippen MR) is 74.2 cm³/mol. The molecule has 0 aliphatic heterocycles. The number of nitrogens with zero attached hydrogens (tertiary/aromatic N) is 1. The third-order valence-corrected chi connectivity index (χ3v) is 3.35. The van der Waals surface area contributed by atoms with Gasteiger partial charge in [0, 0.05) is 11.9 Å². The van der Waals surface area contributed by atoms with Crippen molar-refractivity contribution in [2.45, 2.75) is 18.2 Å². The van der Waals surface area contributed by atoms with Gasteiger partial charge in [0.1, 0.15) is 5.82 Å². The summed E-state index contributed by atoms with van der Waals surface area (Å²) in [7, 11) is 1.76. The molecule has 0 N–H and O–H groups in total. The lowest BCUT2D eigenvalue weighted by Gasteiger charge is -2.07. The van der Waals surface area contributed by atoms with Crippen LogP contribution in [0.3, 0.4) is 0 Å². The highest BCUT2D eigenvalue weighted by Gasteiger charge is 2.06. The molecule has 1 nitrogen and oxygen atoms in total. The lowest BCUT2D eigenvalue weighted by atomic mass is 10.2. The van der Waals surface area contributed by atoms with Crippen LogP contribution in [-0.4, -0.2) is 12.1 Å². The summed E-state index contributed by atoms with van der Waals surface area (Å²) < 4.78 is 12.8. The van der Waals surface area contributed by atoms with Gasteiger partial charge in [0.15, 0.2) is 0 Å². The van der Waals surface area contributed by atoms with Crippen LogP contribution in [0.1, 0.15) is 13.3 Å². The average molecular weight is 249 g/mol. The third-order valence-electron chi connectivity index (χ3n) is 2.21. The van der Waals surface area contributed by atoms with Crippen LogP contribution in [0.5, 0.6) is 0 Å². The number of aliphatic imine (C=N–C) groups is 1. The van der Waals surface area contributed by atoms with Gasteiger partial charge in [0.05, 0.1) is 5.04 Å². The maximum atomic E-state index is 12.8. The first-order valence-corrected chi connectivity index (χ1v) is 6.25. The smallest absolute Gasteiger partial charge is 0.123 e. The van der Waals surface area contributed by atoms with Crippen molar-refractivity contribution in [2.24, 2.45) is 4.99 Å². The standard InChI is InChI=1S/C14H16FNS/c1-4-6-11(5-2)14(16-3)17-13-9-7-12(15)8-10-13/h4,6-10H,1,5H2,2-3H3/b11-6-,16-14?. The van der Waals surface area contributed by atoms with E-state index in [2.05, 4.69) is 18.5 Å². The summed E-state index contributed by atoms with van der Waals surface area (Å²) in [6.45, 7) is 5.77. The largest absolute Gasteiger partial charge is 0.281 e. The molecule has 1 rings (SSSR count). The highest BCUT2D eigenvalue weighted by atomic mass is 32.2. The zero-order valence-corrected chi connectivity index (χ0v) is 10.9. The Morgan fingerprint density at radius 1 is 1.41 bits per heavy atom. The van der Waals surface area contributed by atoms with Crippen molar-refractivity contribution in [2.75, 3.05) is 7.05 Å². The van der Waals surface area contributed by atoms with Crippen LogP contribution in [0.15, 0.2) is 58.5 Å². The molecule has 1 aromatic rings. The first kappa shape index (κ1) is 13.7. The van der Waals surface area contributed by atoms with Crippen LogP contribution in [0, 0.1) is 5.82 Å². The van der Waals surface area contributed by atoms with Crippen molar-refractivity contribution >= 4 is 16.8 Å². The third kappa shape index (κ3) is 4.19. The zero-order valence-electron chi connectivity index (χ0n) is 10.1. The average Bonchev–Trinajstić information content (AvgIpc) is 2.36. The minimum atomic E-state index is -0.221. The molecule has 0 aromatic heterocycles. The van der Waals surface area contributed by atoms with E-state index in [0.717, 1.165) is 21.9 Å². The molecular formula is C14H16FNS. The summed E-state index contributed by atoms with van der Waals surface area (Å²) in [6.07, 6.45) is 4.61. The Morgan fingerprint density at radius 3 is 2.53 bits per heavy atom. The first-order valence-electron chi connectivity index (χ1n) is 5.43. The van der Waals surface area contributed by atoms with Crippen molar-refractivity contribution in [1.82, 2.24) is 0 Å². The molecule has 0 bridgehead atoms. The fourth-order valence-corrected chi connectivity index (χ4v) is 2.28. The molecule has 0 fully saturated rings. The molecule has 0 amide bonds. The molecule has 3 heteroatoms. The van der Waals surface area contributed by atoms with Crippen LogP contribution < -0.4 is 0 Å². The topological polar surface area (TPSA) is 12.4 Å². The summed E-state index contributed by atoms with van der Waals surface area (Å²) >= 11 is 1.54. The van der Waals surface area contributed by atoms with Crippen LogP contribution in [0.4, 0.5) is 4.39 Å². The van der Waals surface area contributed by atoms with Gasteiger partial charge in [-0.25, -0.2) is 4.39 Å². The summed E-state index contributed by atoms with van der Waals surface area (Å²) in [5, 5.41) is 0.944. The number of rotatable bonds is 4. The molecule has 0 heterocycles. The van der Waals surface area contributed by atoms with Gasteiger partial charge in [-0.2, -0.15) is 0 Å². The lowest BCUT2D eigenvalue weighted by Crippen LogP contribution is -1.97. The highest BCUT2D eigenvalue weighted by Crippen LogP contribution is 2.25. The van der Waals surface area contributed by atoms with E-state index in [1.54, 1.807) is 25.3 Å². The number of allylic oxidation sites excluding steroid dienone is 2. The Hall–Kier alpha value is -1.35. The first-order chi connectivity index (χ1) is 8.21. The SMILES string of the molecule is C=C/C=C(/CC)C(=NC)Sc1ccc(F)cc1. The molecule has 0 unspecified atom stereocenters. The van der Waals surface area contributed by atoms with E-state index in [1.165, 1.54) is 23.9 Å². The maximum Gasteiger partial charge on any atom is 0.123 e. The van der Waals surface area contributed by atoms with E-state index < -0.39 is 0 Å². The normalized spacial score (nSPS) is 12.6. The molecule has 1 aromatic carbocycles. The number of hydrogen-bond acceptors (Lipinski definition) is 2. The van der Waals surface area contributed by atoms with Crippen molar-refractivity contribution in [3.8, 4) is 0 Å². The number of halogens is 1. The minimum Gasteiger partial charge on any atom is -0.281 e. The molecule has 90 valence electrons. The number of benzene rings is 1. The Kier molecular flexibility index (Phi) is 5.70. The minimum absolute atomic E-state index is 0.221. The van der Waals surface area contributed by atoms with Gasteiger partial charge in [-0.3, -0.25) is 4.99 Å². The van der Waals surface area contributed by atoms with E-state index in [4.69, 9.17) is 0 Å². The molecule has 0 saturated heterocycles. The Labute approximate surface area is 106 Å². The van der Waals surface area contributed by atoms with Gasteiger partial charge in [0.25, 0.3) is 0 Å². The van der Waals surface area contributed by atoms with E-state index in [1.807, 2.05) is 6.08 Å². The molecule has 0 saturated carbocycles. The molecule has 0 aliphatic rings. The number of thioether (sulfide) groups is 1. The van der Waals surface area contributed by atoms with Gasteiger partial charge in [-0.05, 0) is 36.3 Å². The van der Waals surface area contributed by atoms with Crippen LogP contribution in [0.2, 0.25) is 0 Å². The molecular weight excluding hydrogens is 233 g/mol. The highest BCUT2D eigenvalue weighted by molar-refractivity contribution is 8.14. The fraction of sp³-hybridized carbons (Fsp3) is 0.214. The van der Waals surface area contributed by atoms with E-state index in [9.17, 15) is 4.39 Å². The van der Waals surface area contributed by atoms with Crippen molar-refractivity contribution in [1.29, 1.82) is 0 Å². The molecule has 0 aliphatic carbocycles. The van der Waals surface area contributed by atoms with Crippen LogP contribution in [-0.2, 0) is 0 Å². The van der Waals surface area contributed by atoms with Gasteiger partial charge in [-0.15, -0.1) is 0 Å². The van der Waals surface area contributed by atoms with Gasteiger partial charge >= 0.3 is 0 Å². The van der Waals surface area contributed by atoms with Crippen LogP contribution in [0.25, 0.3) is 0 Å². The second-order valence-electron chi connectivity index (χ2n) is 3.37. The Bertz CT molecular complexity index is 432. The molecule has 0 spiro atoms. The van der Waals surface area contributed by atoms with Crippen molar-refractivity contribution in [3.63, 3.8) is 0 Å². The van der Waals surface area contributed by atoms with Gasteiger partial charge in [-0.1, -0.05) is 37.4 Å². The Balaban J connectivity index is 2.87. The van der Waals surface area contributed by atoms with E-state index in [0.29, 0.717) is 0 Å². The van der Waals surface area contributed by atoms with Crippen molar-refractivity contribution < 1.29 is 4.39 Å². The second-order valence-corrected chi connectivity index (χ2v) is 4.43. The summed E-state index contributed by atoms with van der Waals surface area (Å²) in [5.74, 6) is -0.221. The molecule has 17 heavy (non-hydrogen) atoms. The second kappa shape index (κ2) is 7.07. The summed E-state index contributed by atoms with van der Waals surface area (Å²) in [4.78, 5) is 5.25. The monoisotopic (exact) mass is 249 g/mol. The fourth-order valence-electron chi connectivity index (χ4n) is 1.35. The van der Waals surface area contributed by atoms with E-state index in [-0.39, 0.29) is 5.82 Å². The summed E-state index contributed by atoms with van der Waals surface area (Å²) in [5.41, 5.74) is 1.14. The maximum absolute atomic E-state index is 12.8. The summed E-state index contributed by atoms with van der Waals surface area (Å²) in [6, 6.07) is 6.43. The molecule has 0 radical (unpaired) electrons. The Morgan fingerprint density at radius 2 is 2.06 bits per heavy atom. The van der Waals surface area contributed by atoms with Gasteiger partial charge in [0.2, 0.25) is 0 Å². The zero-order chi connectivity index (χ0) is 12.7. The quantitative estimate of drug-likeness (QED) is 0.332.